The van der Waals surface area contributed by atoms with E-state index in [1.165, 1.54) is 44.1 Å². The molecule has 328 valence electrons. The molecule has 0 radical (unpaired) electrons. The molecule has 0 N–H and O–H groups in total. The number of fused-ring (bicyclic) bond motifs is 13. The summed E-state index contributed by atoms with van der Waals surface area (Å²) in [6, 6.07) is 78.8. The Morgan fingerprint density at radius 3 is 1.86 bits per heavy atom. The second-order valence-corrected chi connectivity index (χ2v) is 19.3. The Balaban J connectivity index is 0.894. The van der Waals surface area contributed by atoms with Crippen LogP contribution in [0.25, 0.3) is 133 Å². The first kappa shape index (κ1) is 39.0. The van der Waals surface area contributed by atoms with Crippen LogP contribution in [0.4, 0.5) is 0 Å². The van der Waals surface area contributed by atoms with E-state index in [1.807, 2.05) is 12.1 Å². The van der Waals surface area contributed by atoms with Crippen LogP contribution in [-0.2, 0) is 5.41 Å². The highest BCUT2D eigenvalue weighted by Crippen LogP contribution is 2.51. The molecule has 0 fully saturated rings. The van der Waals surface area contributed by atoms with E-state index in [0.717, 1.165) is 93.8 Å². The van der Waals surface area contributed by atoms with Crippen LogP contribution in [0.15, 0.2) is 223 Å². The fraction of sp³-hybridized carbons (Fsp3) is 0.0462. The maximum atomic E-state index is 6.66. The summed E-state index contributed by atoms with van der Waals surface area (Å²) in [6.45, 7) is 4.72. The van der Waals surface area contributed by atoms with Crippen molar-refractivity contribution in [2.75, 3.05) is 0 Å². The Hall–Kier alpha value is -9.06. The highest BCUT2D eigenvalue weighted by molar-refractivity contribution is 6.17. The van der Waals surface area contributed by atoms with Crippen molar-refractivity contribution < 1.29 is 4.42 Å². The first-order valence-corrected chi connectivity index (χ1v) is 24.1. The van der Waals surface area contributed by atoms with Crippen molar-refractivity contribution in [3.63, 3.8) is 0 Å². The Bertz CT molecular complexity index is 4500. The molecule has 0 amide bonds. The third kappa shape index (κ3) is 5.54. The molecule has 0 spiro atoms. The van der Waals surface area contributed by atoms with Gasteiger partial charge in [0.15, 0.2) is 0 Å². The molecule has 15 rings (SSSR count). The minimum Gasteiger partial charge on any atom is -0.456 e. The predicted molar refractivity (Wildman–Crippen MR) is 289 cm³/mol. The Morgan fingerprint density at radius 2 is 1.00 bits per heavy atom. The van der Waals surface area contributed by atoms with E-state index in [4.69, 9.17) is 14.4 Å². The zero-order valence-electron chi connectivity index (χ0n) is 38.5. The number of rotatable bonds is 5. The minimum absolute atomic E-state index is 0.106. The molecule has 0 bridgehead atoms. The molecule has 0 saturated carbocycles. The van der Waals surface area contributed by atoms with Gasteiger partial charge in [0.2, 0.25) is 5.95 Å². The largest absolute Gasteiger partial charge is 0.456 e. The van der Waals surface area contributed by atoms with Gasteiger partial charge in [0, 0.05) is 54.4 Å². The smallest absolute Gasteiger partial charge is 0.235 e. The third-order valence-corrected chi connectivity index (χ3v) is 15.1. The Labute approximate surface area is 403 Å². The zero-order valence-corrected chi connectivity index (χ0v) is 38.5. The molecule has 5 nitrogen and oxygen atoms in total. The van der Waals surface area contributed by atoms with Crippen LogP contribution >= 0.6 is 0 Å². The van der Waals surface area contributed by atoms with Gasteiger partial charge in [-0.1, -0.05) is 153 Å². The lowest BCUT2D eigenvalue weighted by Gasteiger charge is -2.21. The van der Waals surface area contributed by atoms with E-state index in [1.54, 1.807) is 0 Å². The normalized spacial score (nSPS) is 13.1. The number of hydrogen-bond acceptors (Lipinski definition) is 3. The second-order valence-electron chi connectivity index (χ2n) is 19.3. The average Bonchev–Trinajstić information content (AvgIpc) is 4.12. The minimum atomic E-state index is -0.106. The standard InChI is InChI=1S/C65H42N4O/c1-65(2)53-24-12-9-20-45(53)48-37-51-50-36-42(29-32-57(50)68(59(51)38-54(48)65)43-18-7-4-8-19-43)44-23-15-27-61-62(44)52-35-41(30-33-60(52)70-61)40-28-31-58-49(34-40)46-21-11-14-26-56(46)69(58)64-66-55-25-13-10-22-47(55)63(67-64)39-16-5-3-6-17-39/h3-38H,1-2H3. The van der Waals surface area contributed by atoms with Gasteiger partial charge in [-0.25, -0.2) is 9.97 Å². The van der Waals surface area contributed by atoms with Gasteiger partial charge in [0.1, 0.15) is 11.2 Å². The van der Waals surface area contributed by atoms with Crippen LogP contribution in [0.5, 0.6) is 0 Å². The van der Waals surface area contributed by atoms with E-state index < -0.39 is 0 Å². The van der Waals surface area contributed by atoms with E-state index in [-0.39, 0.29) is 5.41 Å². The second kappa shape index (κ2) is 14.5. The molecule has 0 unspecified atom stereocenters. The molecule has 0 saturated heterocycles. The molecule has 14 aromatic rings. The Kier molecular flexibility index (Phi) is 8.06. The van der Waals surface area contributed by atoms with Crippen LogP contribution in [0.2, 0.25) is 0 Å². The van der Waals surface area contributed by atoms with Crippen molar-refractivity contribution in [2.24, 2.45) is 0 Å². The van der Waals surface area contributed by atoms with E-state index in [0.29, 0.717) is 5.95 Å². The van der Waals surface area contributed by atoms with Gasteiger partial charge in [-0.05, 0) is 123 Å². The topological polar surface area (TPSA) is 48.8 Å². The Morgan fingerprint density at radius 1 is 0.371 bits per heavy atom. The molecule has 1 aliphatic rings. The number of aromatic nitrogens is 4. The van der Waals surface area contributed by atoms with E-state index in [2.05, 4.69) is 229 Å². The average molecular weight is 895 g/mol. The lowest BCUT2D eigenvalue weighted by atomic mass is 9.82. The molecular formula is C65H42N4O. The highest BCUT2D eigenvalue weighted by atomic mass is 16.3. The number of para-hydroxylation sites is 3. The van der Waals surface area contributed by atoms with Crippen molar-refractivity contribution in [2.45, 2.75) is 19.3 Å². The number of hydrogen-bond donors (Lipinski definition) is 0. The summed E-state index contributed by atoms with van der Waals surface area (Å²) in [4.78, 5) is 10.5. The van der Waals surface area contributed by atoms with Crippen LogP contribution in [-0.4, -0.2) is 19.1 Å². The van der Waals surface area contributed by atoms with Gasteiger partial charge in [-0.3, -0.25) is 4.57 Å². The summed E-state index contributed by atoms with van der Waals surface area (Å²) in [7, 11) is 0. The van der Waals surface area contributed by atoms with Crippen molar-refractivity contribution in [3.8, 4) is 56.3 Å². The van der Waals surface area contributed by atoms with Crippen molar-refractivity contribution in [1.82, 2.24) is 19.1 Å². The lowest BCUT2D eigenvalue weighted by Crippen LogP contribution is -2.14. The quantitative estimate of drug-likeness (QED) is 0.173. The summed E-state index contributed by atoms with van der Waals surface area (Å²) in [5, 5.41) is 8.00. The molecule has 1 aliphatic carbocycles. The molecule has 10 aromatic carbocycles. The predicted octanol–water partition coefficient (Wildman–Crippen LogP) is 17.0. The van der Waals surface area contributed by atoms with Gasteiger partial charge in [0.25, 0.3) is 0 Å². The summed E-state index contributed by atoms with van der Waals surface area (Å²) in [5.74, 6) is 0.649. The van der Waals surface area contributed by atoms with Crippen LogP contribution < -0.4 is 0 Å². The van der Waals surface area contributed by atoms with Gasteiger partial charge in [-0.2, -0.15) is 0 Å². The van der Waals surface area contributed by atoms with Crippen molar-refractivity contribution in [3.05, 3.63) is 230 Å². The fourth-order valence-electron chi connectivity index (χ4n) is 11.8. The van der Waals surface area contributed by atoms with Crippen LogP contribution in [0.1, 0.15) is 25.0 Å². The summed E-state index contributed by atoms with van der Waals surface area (Å²) < 4.78 is 11.3. The van der Waals surface area contributed by atoms with Crippen molar-refractivity contribution in [1.29, 1.82) is 0 Å². The van der Waals surface area contributed by atoms with Gasteiger partial charge in [-0.15, -0.1) is 0 Å². The van der Waals surface area contributed by atoms with E-state index >= 15 is 0 Å². The molecular weight excluding hydrogens is 853 g/mol. The number of furan rings is 1. The van der Waals surface area contributed by atoms with Gasteiger partial charge in [0.05, 0.1) is 33.3 Å². The molecule has 70 heavy (non-hydrogen) atoms. The summed E-state index contributed by atoms with van der Waals surface area (Å²) in [5.41, 5.74) is 20.1. The SMILES string of the molecule is CC1(C)c2ccccc2-c2cc3c4cc(-c5cccc6oc7ccc(-c8ccc9c(c8)c8ccccc8n9-c8nc(-c9ccccc9)c9ccccc9n8)cc7c56)ccc4n(-c4ccccc4)c3cc21. The molecule has 4 aromatic heterocycles. The first-order chi connectivity index (χ1) is 34.5. The maximum absolute atomic E-state index is 6.66. The molecule has 5 heteroatoms. The molecule has 0 atom stereocenters. The number of nitrogens with zero attached hydrogens (tertiary/aromatic N) is 4. The maximum Gasteiger partial charge on any atom is 0.235 e. The zero-order chi connectivity index (χ0) is 46.2. The molecule has 0 aliphatic heterocycles. The summed E-state index contributed by atoms with van der Waals surface area (Å²) in [6.07, 6.45) is 0. The van der Waals surface area contributed by atoms with Crippen molar-refractivity contribution >= 4 is 76.5 Å². The van der Waals surface area contributed by atoms with E-state index in [9.17, 15) is 0 Å². The highest BCUT2D eigenvalue weighted by Gasteiger charge is 2.36. The van der Waals surface area contributed by atoms with Crippen LogP contribution in [0, 0.1) is 0 Å². The third-order valence-electron chi connectivity index (χ3n) is 15.1. The monoisotopic (exact) mass is 894 g/mol. The lowest BCUT2D eigenvalue weighted by molar-refractivity contribution is 0.661. The van der Waals surface area contributed by atoms with Gasteiger partial charge >= 0.3 is 0 Å². The van der Waals surface area contributed by atoms with Gasteiger partial charge < -0.3 is 8.98 Å². The first-order valence-electron chi connectivity index (χ1n) is 24.1. The molecule has 4 heterocycles. The number of benzene rings is 10. The van der Waals surface area contributed by atoms with Crippen LogP contribution in [0.3, 0.4) is 0 Å². The summed E-state index contributed by atoms with van der Waals surface area (Å²) >= 11 is 0. The fourth-order valence-corrected chi connectivity index (χ4v) is 11.8.